The zero-order chi connectivity index (χ0) is 22.7. The number of aryl methyl sites for hydroxylation is 1. The van der Waals surface area contributed by atoms with Crippen LogP contribution >= 0.6 is 0 Å². The van der Waals surface area contributed by atoms with Crippen LogP contribution in [0.3, 0.4) is 0 Å². The van der Waals surface area contributed by atoms with Crippen molar-refractivity contribution in [3.05, 3.63) is 71.1 Å². The molecular formula is C24H26N6O2. The number of imide groups is 1. The minimum atomic E-state index is -0.610. The van der Waals surface area contributed by atoms with E-state index in [0.717, 1.165) is 28.2 Å². The first-order chi connectivity index (χ1) is 15.3. The Morgan fingerprint density at radius 3 is 2.38 bits per heavy atom. The van der Waals surface area contributed by atoms with Crippen molar-refractivity contribution in [2.24, 2.45) is 4.99 Å². The molecule has 0 aliphatic carbocycles. The van der Waals surface area contributed by atoms with Crippen LogP contribution in [0, 0.1) is 6.92 Å². The molecule has 3 aliphatic rings. The molecule has 5 rings (SSSR count). The molecule has 1 fully saturated rings. The molecule has 2 unspecified atom stereocenters. The fraction of sp³-hybridized carbons (Fsp3) is 0.292. The third-order valence-electron chi connectivity index (χ3n) is 6.66. The van der Waals surface area contributed by atoms with E-state index in [9.17, 15) is 9.59 Å². The number of guanidine groups is 1. The number of hydrogen-bond acceptors (Lipinski definition) is 6. The summed E-state index contributed by atoms with van der Waals surface area (Å²) in [6.45, 7) is 6.18. The average Bonchev–Trinajstić information content (AvgIpc) is 3.27. The van der Waals surface area contributed by atoms with Crippen LogP contribution in [0.2, 0.25) is 0 Å². The average molecular weight is 431 g/mol. The number of hydrogen-bond donors (Lipinski definition) is 1. The van der Waals surface area contributed by atoms with E-state index in [-0.39, 0.29) is 18.5 Å². The molecule has 2 aromatic carbocycles. The van der Waals surface area contributed by atoms with Gasteiger partial charge in [0.15, 0.2) is 12.2 Å². The Morgan fingerprint density at radius 2 is 1.66 bits per heavy atom. The number of carbonyl (C=O) groups excluding carboxylic acids is 2. The van der Waals surface area contributed by atoms with Crippen molar-refractivity contribution in [3.63, 3.8) is 0 Å². The van der Waals surface area contributed by atoms with Crippen LogP contribution in [-0.2, 0) is 11.3 Å². The number of urea groups is 1. The molecule has 3 aliphatic heterocycles. The summed E-state index contributed by atoms with van der Waals surface area (Å²) < 4.78 is 0. The van der Waals surface area contributed by atoms with Crippen molar-refractivity contribution in [2.75, 3.05) is 17.7 Å². The van der Waals surface area contributed by atoms with E-state index in [1.807, 2.05) is 79.1 Å². The number of amides is 3. The number of aliphatic imine (C=N–C) groups is 1. The van der Waals surface area contributed by atoms with Gasteiger partial charge in [-0.3, -0.25) is 19.5 Å². The Hall–Kier alpha value is -3.81. The molecule has 32 heavy (non-hydrogen) atoms. The summed E-state index contributed by atoms with van der Waals surface area (Å²) in [6.07, 6.45) is -0.589. The lowest BCUT2D eigenvalue weighted by Crippen LogP contribution is -2.64. The van der Waals surface area contributed by atoms with Crippen LogP contribution < -0.4 is 10.6 Å². The van der Waals surface area contributed by atoms with Gasteiger partial charge in [0.25, 0.3) is 5.91 Å². The molecule has 0 saturated carbocycles. The van der Waals surface area contributed by atoms with Gasteiger partial charge in [0.2, 0.25) is 5.96 Å². The third-order valence-corrected chi connectivity index (χ3v) is 6.66. The lowest BCUT2D eigenvalue weighted by atomic mass is 10.1. The number of nitrogens with two attached hydrogens (primary N) is 1. The molecular weight excluding hydrogens is 404 g/mol. The van der Waals surface area contributed by atoms with Gasteiger partial charge >= 0.3 is 6.03 Å². The molecule has 3 heterocycles. The first kappa shape index (κ1) is 20.1. The topological polar surface area (TPSA) is 85.5 Å². The monoisotopic (exact) mass is 430 g/mol. The molecule has 2 atom stereocenters. The Morgan fingerprint density at radius 1 is 0.969 bits per heavy atom. The highest BCUT2D eigenvalue weighted by Crippen LogP contribution is 2.41. The van der Waals surface area contributed by atoms with Crippen molar-refractivity contribution >= 4 is 29.3 Å². The number of nitrogen functional groups attached to an aromatic ring is 1. The summed E-state index contributed by atoms with van der Waals surface area (Å²) in [4.78, 5) is 38.5. The molecule has 164 valence electrons. The standard InChI is InChI=1S/C24H26N6O2/c1-14-9-5-6-10-17(14)13-28-22(31)20-21(27(4)24(28)32)26-23-29(15(2)16(3)30(20)23)19-12-8-7-11-18(19)25/h5-12,20-21H,13,25H2,1-4H3. The largest absolute Gasteiger partial charge is 0.397 e. The maximum Gasteiger partial charge on any atom is 0.328 e. The van der Waals surface area contributed by atoms with E-state index >= 15 is 0 Å². The van der Waals surface area contributed by atoms with Gasteiger partial charge in [-0.15, -0.1) is 0 Å². The number of likely N-dealkylation sites (N-methyl/N-ethyl adjacent to an activating group) is 1. The second-order valence-electron chi connectivity index (χ2n) is 8.47. The number of nitrogens with zero attached hydrogens (tertiary/aromatic N) is 5. The summed E-state index contributed by atoms with van der Waals surface area (Å²) in [5.74, 6) is 0.383. The highest BCUT2D eigenvalue weighted by atomic mass is 16.2. The number of benzene rings is 2. The Labute approximate surface area is 187 Å². The highest BCUT2D eigenvalue weighted by molar-refractivity contribution is 6.11. The summed E-state index contributed by atoms with van der Waals surface area (Å²) in [5, 5.41) is 0. The van der Waals surface area contributed by atoms with Crippen LogP contribution in [-0.4, -0.2) is 51.9 Å². The first-order valence-corrected chi connectivity index (χ1v) is 10.6. The molecule has 2 N–H and O–H groups in total. The number of para-hydroxylation sites is 2. The van der Waals surface area contributed by atoms with Crippen LogP contribution in [0.25, 0.3) is 0 Å². The molecule has 3 amide bonds. The second kappa shape index (κ2) is 7.12. The lowest BCUT2D eigenvalue weighted by Gasteiger charge is -2.41. The Bertz CT molecular complexity index is 1200. The normalized spacial score (nSPS) is 22.6. The predicted octanol–water partition coefficient (Wildman–Crippen LogP) is 3.11. The molecule has 1 saturated heterocycles. The lowest BCUT2D eigenvalue weighted by molar-refractivity contribution is -0.137. The van der Waals surface area contributed by atoms with E-state index in [0.29, 0.717) is 11.6 Å². The molecule has 0 radical (unpaired) electrons. The van der Waals surface area contributed by atoms with Gasteiger partial charge in [0.05, 0.1) is 17.9 Å². The second-order valence-corrected chi connectivity index (χ2v) is 8.47. The quantitative estimate of drug-likeness (QED) is 0.757. The smallest absolute Gasteiger partial charge is 0.328 e. The predicted molar refractivity (Wildman–Crippen MR) is 123 cm³/mol. The summed E-state index contributed by atoms with van der Waals surface area (Å²) in [6, 6.07) is 14.4. The zero-order valence-corrected chi connectivity index (χ0v) is 18.6. The van der Waals surface area contributed by atoms with Crippen molar-refractivity contribution in [1.82, 2.24) is 14.7 Å². The van der Waals surface area contributed by atoms with E-state index in [1.165, 1.54) is 4.90 Å². The van der Waals surface area contributed by atoms with Crippen LogP contribution in [0.15, 0.2) is 64.9 Å². The summed E-state index contributed by atoms with van der Waals surface area (Å²) in [5.41, 5.74) is 11.6. The minimum absolute atomic E-state index is 0.234. The van der Waals surface area contributed by atoms with Gasteiger partial charge < -0.3 is 10.6 Å². The van der Waals surface area contributed by atoms with Crippen LogP contribution in [0.1, 0.15) is 25.0 Å². The highest BCUT2D eigenvalue weighted by Gasteiger charge is 2.56. The fourth-order valence-corrected chi connectivity index (χ4v) is 4.70. The molecule has 2 aromatic rings. The van der Waals surface area contributed by atoms with Crippen LogP contribution in [0.4, 0.5) is 16.2 Å². The van der Waals surface area contributed by atoms with Crippen molar-refractivity contribution in [3.8, 4) is 0 Å². The summed E-state index contributed by atoms with van der Waals surface area (Å²) >= 11 is 0. The maximum absolute atomic E-state index is 13.7. The van der Waals surface area contributed by atoms with Gasteiger partial charge in [-0.05, 0) is 44.0 Å². The number of anilines is 2. The number of allylic oxidation sites excluding steroid dienone is 2. The molecule has 0 spiro atoms. The van der Waals surface area contributed by atoms with Gasteiger partial charge in [-0.25, -0.2) is 9.79 Å². The minimum Gasteiger partial charge on any atom is -0.397 e. The zero-order valence-electron chi connectivity index (χ0n) is 18.6. The number of fused-ring (bicyclic) bond motifs is 3. The van der Waals surface area contributed by atoms with E-state index in [1.54, 1.807) is 11.9 Å². The van der Waals surface area contributed by atoms with E-state index < -0.39 is 12.2 Å². The van der Waals surface area contributed by atoms with E-state index in [4.69, 9.17) is 10.7 Å². The van der Waals surface area contributed by atoms with Crippen molar-refractivity contribution in [2.45, 2.75) is 39.5 Å². The maximum atomic E-state index is 13.7. The van der Waals surface area contributed by atoms with Gasteiger partial charge in [0.1, 0.15) is 0 Å². The first-order valence-electron chi connectivity index (χ1n) is 10.6. The fourth-order valence-electron chi connectivity index (χ4n) is 4.70. The van der Waals surface area contributed by atoms with E-state index in [2.05, 4.69) is 0 Å². The summed E-state index contributed by atoms with van der Waals surface area (Å²) in [7, 11) is 1.70. The van der Waals surface area contributed by atoms with Gasteiger partial charge in [-0.2, -0.15) is 0 Å². The molecule has 8 nitrogen and oxygen atoms in total. The van der Waals surface area contributed by atoms with Crippen molar-refractivity contribution in [1.29, 1.82) is 0 Å². The van der Waals surface area contributed by atoms with Gasteiger partial charge in [0, 0.05) is 18.4 Å². The Balaban J connectivity index is 1.54. The molecule has 0 aromatic heterocycles. The molecule has 8 heteroatoms. The molecule has 0 bridgehead atoms. The van der Waals surface area contributed by atoms with Crippen molar-refractivity contribution < 1.29 is 9.59 Å². The Kier molecular flexibility index (Phi) is 4.47. The van der Waals surface area contributed by atoms with Crippen LogP contribution in [0.5, 0.6) is 0 Å². The number of carbonyl (C=O) groups is 2. The SMILES string of the molecule is CC1=C(C)N2C(=NC3C2C(=O)N(Cc2ccccc2C)C(=O)N3C)N1c1ccccc1N. The third kappa shape index (κ3) is 2.72. The number of rotatable bonds is 3. The van der Waals surface area contributed by atoms with Gasteiger partial charge in [-0.1, -0.05) is 36.4 Å².